The second-order valence-corrected chi connectivity index (χ2v) is 5.05. The number of carbonyl (C=O) groups is 1. The number of unbranched alkanes of at least 4 members (excludes halogenated alkanes) is 1. The Hall–Kier alpha value is -0.260. The lowest BCUT2D eigenvalue weighted by Crippen LogP contribution is -2.45. The summed E-state index contributed by atoms with van der Waals surface area (Å²) in [4.78, 5) is 12.9. The lowest BCUT2D eigenvalue weighted by molar-refractivity contribution is -0.166. The van der Waals surface area contributed by atoms with Gasteiger partial charge in [0.15, 0.2) is 0 Å². The van der Waals surface area contributed by atoms with Crippen LogP contribution in [0.3, 0.4) is 0 Å². The highest BCUT2D eigenvalue weighted by molar-refractivity contribution is 9.09. The van der Waals surface area contributed by atoms with Crippen LogP contribution in [0.4, 0.5) is 13.2 Å². The van der Waals surface area contributed by atoms with Crippen molar-refractivity contribution >= 4 is 21.8 Å². The number of halogens is 4. The van der Waals surface area contributed by atoms with E-state index in [1.165, 1.54) is 0 Å². The molecule has 18 heavy (non-hydrogen) atoms. The minimum atomic E-state index is -4.33. The smallest absolute Gasteiger partial charge is 0.331 e. The van der Waals surface area contributed by atoms with Gasteiger partial charge in [0.1, 0.15) is 6.54 Å². The van der Waals surface area contributed by atoms with E-state index in [-0.39, 0.29) is 18.4 Å². The molecule has 0 radical (unpaired) electrons. The summed E-state index contributed by atoms with van der Waals surface area (Å²) in [5.41, 5.74) is 0. The van der Waals surface area contributed by atoms with Crippen molar-refractivity contribution in [2.24, 2.45) is 0 Å². The summed E-state index contributed by atoms with van der Waals surface area (Å²) in [6.07, 6.45) is -1.60. The molecule has 0 aromatic heterocycles. The minimum absolute atomic E-state index is 0.193. The Morgan fingerprint density at radius 1 is 1.22 bits per heavy atom. The number of rotatable bonds is 8. The molecule has 2 nitrogen and oxygen atoms in total. The van der Waals surface area contributed by atoms with Crippen LogP contribution in [0, 0.1) is 0 Å². The number of nitrogens with zero attached hydrogens (tertiary/aromatic N) is 1. The van der Waals surface area contributed by atoms with Crippen LogP contribution in [0.1, 0.15) is 46.0 Å². The Bertz CT molecular complexity index is 242. The normalized spacial score (nSPS) is 11.9. The Balaban J connectivity index is 4.58. The summed E-state index contributed by atoms with van der Waals surface area (Å²) in [7, 11) is 0. The van der Waals surface area contributed by atoms with Crippen molar-refractivity contribution in [3.05, 3.63) is 0 Å². The summed E-state index contributed by atoms with van der Waals surface area (Å²) in [5.74, 6) is -0.387. The van der Waals surface area contributed by atoms with Gasteiger partial charge in [0, 0.05) is 17.8 Å². The number of amides is 1. The molecule has 6 heteroatoms. The molecule has 0 aliphatic heterocycles. The van der Waals surface area contributed by atoms with Crippen molar-refractivity contribution in [3.63, 3.8) is 0 Å². The lowest BCUT2D eigenvalue weighted by Gasteiger charge is -2.31. The van der Waals surface area contributed by atoms with Gasteiger partial charge in [-0.05, 0) is 25.7 Å². The second kappa shape index (κ2) is 8.77. The van der Waals surface area contributed by atoms with Crippen molar-refractivity contribution in [1.82, 2.24) is 4.90 Å². The van der Waals surface area contributed by atoms with E-state index >= 15 is 0 Å². The second-order valence-electron chi connectivity index (χ2n) is 4.25. The van der Waals surface area contributed by atoms with E-state index in [0.29, 0.717) is 19.3 Å². The zero-order chi connectivity index (χ0) is 14.2. The maximum absolute atomic E-state index is 12.5. The van der Waals surface area contributed by atoms with Gasteiger partial charge in [-0.25, -0.2) is 0 Å². The number of carbonyl (C=O) groups excluding carboxylic acids is 1. The average Bonchev–Trinajstić information content (AvgIpc) is 2.28. The van der Waals surface area contributed by atoms with Gasteiger partial charge in [-0.2, -0.15) is 13.2 Å². The van der Waals surface area contributed by atoms with Crippen LogP contribution < -0.4 is 0 Å². The summed E-state index contributed by atoms with van der Waals surface area (Å²) in [5, 5.41) is 0.768. The molecule has 0 heterocycles. The fraction of sp³-hybridized carbons (Fsp3) is 0.917. The molecule has 108 valence electrons. The fourth-order valence-corrected chi connectivity index (χ4v) is 2.25. The third-order valence-electron chi connectivity index (χ3n) is 2.83. The Labute approximate surface area is 115 Å². The third kappa shape index (κ3) is 7.24. The highest BCUT2D eigenvalue weighted by Gasteiger charge is 2.35. The lowest BCUT2D eigenvalue weighted by atomic mass is 10.1. The van der Waals surface area contributed by atoms with E-state index in [2.05, 4.69) is 15.9 Å². The van der Waals surface area contributed by atoms with Crippen molar-refractivity contribution in [2.75, 3.05) is 11.9 Å². The van der Waals surface area contributed by atoms with Crippen LogP contribution in [0.2, 0.25) is 0 Å². The van der Waals surface area contributed by atoms with Gasteiger partial charge >= 0.3 is 6.18 Å². The predicted octanol–water partition coefficient (Wildman–Crippen LogP) is 4.13. The summed E-state index contributed by atoms with van der Waals surface area (Å²) in [6, 6.07) is -0.317. The first-order valence-corrected chi connectivity index (χ1v) is 7.40. The predicted molar refractivity (Wildman–Crippen MR) is 69.8 cm³/mol. The molecule has 0 spiro atoms. The van der Waals surface area contributed by atoms with Crippen molar-refractivity contribution in [2.45, 2.75) is 58.2 Å². The number of hydrogen-bond acceptors (Lipinski definition) is 1. The highest BCUT2D eigenvalue weighted by atomic mass is 79.9. The molecule has 0 N–H and O–H groups in total. The van der Waals surface area contributed by atoms with Crippen LogP contribution in [-0.2, 0) is 4.79 Å². The quantitative estimate of drug-likeness (QED) is 0.483. The largest absolute Gasteiger partial charge is 0.406 e. The highest BCUT2D eigenvalue weighted by Crippen LogP contribution is 2.21. The van der Waals surface area contributed by atoms with Gasteiger partial charge in [0.2, 0.25) is 5.91 Å². The standard InChI is InChI=1S/C12H21BrF3NO/c1-3-10(4-2)17(9-12(14,15)16)11(18)7-5-6-8-13/h10H,3-9H2,1-2H3. The van der Waals surface area contributed by atoms with Gasteiger partial charge in [-0.1, -0.05) is 29.8 Å². The Kier molecular flexibility index (Phi) is 8.65. The zero-order valence-corrected chi connectivity index (χ0v) is 12.5. The first kappa shape index (κ1) is 17.7. The molecule has 0 bridgehead atoms. The van der Waals surface area contributed by atoms with E-state index in [4.69, 9.17) is 0 Å². The van der Waals surface area contributed by atoms with Crippen LogP contribution in [0.5, 0.6) is 0 Å². The van der Waals surface area contributed by atoms with E-state index in [1.807, 2.05) is 13.8 Å². The maximum Gasteiger partial charge on any atom is 0.406 e. The molecular weight excluding hydrogens is 311 g/mol. The molecule has 0 aromatic carbocycles. The molecule has 0 fully saturated rings. The Morgan fingerprint density at radius 3 is 2.17 bits per heavy atom. The van der Waals surface area contributed by atoms with Gasteiger partial charge in [-0.3, -0.25) is 4.79 Å². The first-order chi connectivity index (χ1) is 8.35. The Morgan fingerprint density at radius 2 is 1.78 bits per heavy atom. The summed E-state index contributed by atoms with van der Waals surface area (Å²) >= 11 is 3.24. The van der Waals surface area contributed by atoms with Crippen molar-refractivity contribution in [1.29, 1.82) is 0 Å². The molecule has 0 saturated heterocycles. The van der Waals surface area contributed by atoms with Gasteiger partial charge in [0.25, 0.3) is 0 Å². The zero-order valence-electron chi connectivity index (χ0n) is 10.9. The van der Waals surface area contributed by atoms with Crippen LogP contribution in [-0.4, -0.2) is 34.9 Å². The SMILES string of the molecule is CCC(CC)N(CC(F)(F)F)C(=O)CCCCBr. The third-order valence-corrected chi connectivity index (χ3v) is 3.39. The molecule has 0 aromatic rings. The molecule has 0 saturated carbocycles. The van der Waals surface area contributed by atoms with E-state index in [0.717, 1.165) is 16.7 Å². The van der Waals surface area contributed by atoms with Crippen molar-refractivity contribution < 1.29 is 18.0 Å². The molecular formula is C12H21BrF3NO. The first-order valence-electron chi connectivity index (χ1n) is 6.27. The fourth-order valence-electron chi connectivity index (χ4n) is 1.86. The van der Waals surface area contributed by atoms with Gasteiger partial charge < -0.3 is 4.90 Å². The van der Waals surface area contributed by atoms with Crippen LogP contribution >= 0.6 is 15.9 Å². The molecule has 0 aliphatic rings. The van der Waals surface area contributed by atoms with E-state index in [1.54, 1.807) is 0 Å². The topological polar surface area (TPSA) is 20.3 Å². The number of alkyl halides is 4. The van der Waals surface area contributed by atoms with E-state index in [9.17, 15) is 18.0 Å². The minimum Gasteiger partial charge on any atom is -0.331 e. The number of hydrogen-bond donors (Lipinski definition) is 0. The molecule has 0 aliphatic carbocycles. The van der Waals surface area contributed by atoms with Crippen LogP contribution in [0.25, 0.3) is 0 Å². The van der Waals surface area contributed by atoms with Gasteiger partial charge in [0.05, 0.1) is 0 Å². The summed E-state index contributed by atoms with van der Waals surface area (Å²) in [6.45, 7) is 2.49. The maximum atomic E-state index is 12.5. The summed E-state index contributed by atoms with van der Waals surface area (Å²) < 4.78 is 37.5. The molecule has 1 amide bonds. The molecule has 0 unspecified atom stereocenters. The molecule has 0 atom stereocenters. The molecule has 0 rings (SSSR count). The van der Waals surface area contributed by atoms with Gasteiger partial charge in [-0.15, -0.1) is 0 Å². The van der Waals surface area contributed by atoms with Crippen molar-refractivity contribution in [3.8, 4) is 0 Å². The van der Waals surface area contributed by atoms with E-state index < -0.39 is 12.7 Å². The van der Waals surface area contributed by atoms with Crippen LogP contribution in [0.15, 0.2) is 0 Å². The average molecular weight is 332 g/mol. The monoisotopic (exact) mass is 331 g/mol.